The molecule has 100 valence electrons. The molecule has 2 N–H and O–H groups in total. The van der Waals surface area contributed by atoms with E-state index in [1.807, 2.05) is 11.8 Å². The quantitative estimate of drug-likeness (QED) is 0.640. The molecule has 0 saturated carbocycles. The van der Waals surface area contributed by atoms with Crippen molar-refractivity contribution in [2.45, 2.75) is 25.0 Å². The Labute approximate surface area is 114 Å². The topological polar surface area (TPSA) is 75.4 Å². The third kappa shape index (κ3) is 3.68. The molecule has 5 nitrogen and oxygen atoms in total. The van der Waals surface area contributed by atoms with E-state index in [0.717, 1.165) is 41.2 Å². The van der Waals surface area contributed by atoms with E-state index in [2.05, 4.69) is 5.32 Å². The first-order valence-corrected chi connectivity index (χ1v) is 7.85. The van der Waals surface area contributed by atoms with E-state index in [4.69, 9.17) is 0 Å². The minimum Gasteiger partial charge on any atom is -0.389 e. The summed E-state index contributed by atoms with van der Waals surface area (Å²) in [7, 11) is 0. The molecule has 1 aliphatic rings. The first-order chi connectivity index (χ1) is 8.59. The summed E-state index contributed by atoms with van der Waals surface area (Å²) < 4.78 is 0. The van der Waals surface area contributed by atoms with Crippen molar-refractivity contribution in [1.82, 2.24) is 5.32 Å². The summed E-state index contributed by atoms with van der Waals surface area (Å²) in [6.07, 6.45) is 1.63. The van der Waals surface area contributed by atoms with Crippen LogP contribution in [0.4, 0.5) is 5.00 Å². The van der Waals surface area contributed by atoms with Gasteiger partial charge in [0.05, 0.1) is 10.5 Å². The van der Waals surface area contributed by atoms with E-state index in [9.17, 15) is 15.2 Å². The third-order valence-electron chi connectivity index (χ3n) is 3.03. The van der Waals surface area contributed by atoms with Gasteiger partial charge in [-0.3, -0.25) is 10.1 Å². The van der Waals surface area contributed by atoms with E-state index in [0.29, 0.717) is 13.1 Å². The van der Waals surface area contributed by atoms with Crippen LogP contribution in [0.5, 0.6) is 0 Å². The molecule has 1 aromatic heterocycles. The molecule has 2 rings (SSSR count). The first kappa shape index (κ1) is 13.8. The second-order valence-corrected chi connectivity index (χ2v) is 6.60. The molecule has 0 amide bonds. The minimum absolute atomic E-state index is 0.166. The van der Waals surface area contributed by atoms with E-state index in [-0.39, 0.29) is 9.92 Å². The first-order valence-electron chi connectivity index (χ1n) is 5.82. The molecule has 1 fully saturated rings. The number of hydrogen-bond acceptors (Lipinski definition) is 6. The van der Waals surface area contributed by atoms with Crippen molar-refractivity contribution >= 4 is 28.1 Å². The molecule has 1 aromatic rings. The Morgan fingerprint density at radius 2 is 2.22 bits per heavy atom. The maximum Gasteiger partial charge on any atom is 0.324 e. The van der Waals surface area contributed by atoms with Crippen molar-refractivity contribution in [3.63, 3.8) is 0 Å². The van der Waals surface area contributed by atoms with Crippen molar-refractivity contribution in [2.24, 2.45) is 0 Å². The summed E-state index contributed by atoms with van der Waals surface area (Å²) in [6.45, 7) is 1.12. The normalized spacial score (nSPS) is 18.7. The van der Waals surface area contributed by atoms with Gasteiger partial charge in [-0.25, -0.2) is 0 Å². The van der Waals surface area contributed by atoms with Crippen LogP contribution in [0, 0.1) is 10.1 Å². The Hall–Kier alpha value is -0.630. The van der Waals surface area contributed by atoms with Gasteiger partial charge in [-0.15, -0.1) is 0 Å². The zero-order valence-electron chi connectivity index (χ0n) is 9.92. The molecule has 0 aromatic carbocycles. The predicted octanol–water partition coefficient (Wildman–Crippen LogP) is 2.00. The lowest BCUT2D eigenvalue weighted by molar-refractivity contribution is -0.380. The van der Waals surface area contributed by atoms with Crippen LogP contribution in [0.25, 0.3) is 0 Å². The molecular formula is C11H16N2O3S2. The van der Waals surface area contributed by atoms with Crippen molar-refractivity contribution in [3.05, 3.63) is 27.1 Å². The van der Waals surface area contributed by atoms with Crippen LogP contribution in [-0.2, 0) is 6.54 Å². The highest BCUT2D eigenvalue weighted by molar-refractivity contribution is 7.99. The van der Waals surface area contributed by atoms with Crippen LogP contribution in [0.15, 0.2) is 11.4 Å². The molecule has 1 saturated heterocycles. The number of nitrogens with one attached hydrogen (secondary N) is 1. The average Bonchev–Trinajstić information content (AvgIpc) is 2.78. The van der Waals surface area contributed by atoms with Gasteiger partial charge in [0, 0.05) is 24.5 Å². The number of aliphatic hydroxyl groups is 1. The number of rotatable bonds is 5. The average molecular weight is 288 g/mol. The predicted molar refractivity (Wildman–Crippen MR) is 74.2 cm³/mol. The number of hydrogen-bond donors (Lipinski definition) is 2. The molecule has 0 unspecified atom stereocenters. The zero-order valence-corrected chi connectivity index (χ0v) is 11.6. The summed E-state index contributed by atoms with van der Waals surface area (Å²) in [4.78, 5) is 10.2. The number of thioether (sulfide) groups is 1. The van der Waals surface area contributed by atoms with Crippen molar-refractivity contribution in [1.29, 1.82) is 0 Å². The SMILES string of the molecule is O=[N+]([O-])c1cc(CNCC2(O)CCSCC2)cs1. The smallest absolute Gasteiger partial charge is 0.324 e. The van der Waals surface area contributed by atoms with Crippen molar-refractivity contribution < 1.29 is 10.0 Å². The van der Waals surface area contributed by atoms with Crippen LogP contribution in [0.2, 0.25) is 0 Å². The summed E-state index contributed by atoms with van der Waals surface area (Å²) in [5, 5.41) is 25.9. The summed E-state index contributed by atoms with van der Waals surface area (Å²) in [6, 6.07) is 1.58. The van der Waals surface area contributed by atoms with Gasteiger partial charge in [0.15, 0.2) is 0 Å². The molecule has 0 aliphatic carbocycles. The van der Waals surface area contributed by atoms with Crippen molar-refractivity contribution in [3.8, 4) is 0 Å². The molecule has 0 spiro atoms. The van der Waals surface area contributed by atoms with E-state index < -0.39 is 5.60 Å². The van der Waals surface area contributed by atoms with E-state index in [1.165, 1.54) is 0 Å². The lowest BCUT2D eigenvalue weighted by Gasteiger charge is -2.31. The number of nitrogens with zero attached hydrogens (tertiary/aromatic N) is 1. The molecule has 7 heteroatoms. The molecule has 2 heterocycles. The Bertz CT molecular complexity index is 416. The highest BCUT2D eigenvalue weighted by Gasteiger charge is 2.28. The highest BCUT2D eigenvalue weighted by atomic mass is 32.2. The highest BCUT2D eigenvalue weighted by Crippen LogP contribution is 2.26. The summed E-state index contributed by atoms with van der Waals surface area (Å²) >= 11 is 3.01. The van der Waals surface area contributed by atoms with E-state index >= 15 is 0 Å². The van der Waals surface area contributed by atoms with E-state index in [1.54, 1.807) is 11.4 Å². The minimum atomic E-state index is -0.604. The Morgan fingerprint density at radius 3 is 2.83 bits per heavy atom. The standard InChI is InChI=1S/C11H16N2O3S2/c14-11(1-3-17-4-2-11)8-12-6-9-5-10(13(15)16)18-7-9/h5,7,12,14H,1-4,6,8H2. The van der Waals surface area contributed by atoms with Gasteiger partial charge in [-0.2, -0.15) is 11.8 Å². The molecule has 0 radical (unpaired) electrons. The van der Waals surface area contributed by atoms with Gasteiger partial charge in [0.2, 0.25) is 0 Å². The molecule has 18 heavy (non-hydrogen) atoms. The summed E-state index contributed by atoms with van der Waals surface area (Å²) in [5.41, 5.74) is 0.299. The van der Waals surface area contributed by atoms with Crippen molar-refractivity contribution in [2.75, 3.05) is 18.1 Å². The fourth-order valence-electron chi connectivity index (χ4n) is 1.92. The second-order valence-electron chi connectivity index (χ2n) is 4.49. The van der Waals surface area contributed by atoms with Gasteiger partial charge in [0.1, 0.15) is 0 Å². The maximum atomic E-state index is 10.5. The Morgan fingerprint density at radius 1 is 1.50 bits per heavy atom. The Kier molecular flexibility index (Phi) is 4.60. The van der Waals surface area contributed by atoms with Gasteiger partial charge >= 0.3 is 5.00 Å². The molecule has 1 aliphatic heterocycles. The van der Waals surface area contributed by atoms with Crippen LogP contribution < -0.4 is 5.32 Å². The van der Waals surface area contributed by atoms with Crippen LogP contribution in [-0.4, -0.2) is 33.7 Å². The van der Waals surface area contributed by atoms with Gasteiger partial charge in [-0.05, 0) is 29.9 Å². The van der Waals surface area contributed by atoms with Crippen LogP contribution in [0.3, 0.4) is 0 Å². The number of thiophene rings is 1. The van der Waals surface area contributed by atoms with Gasteiger partial charge < -0.3 is 10.4 Å². The van der Waals surface area contributed by atoms with Gasteiger partial charge in [0.25, 0.3) is 0 Å². The Balaban J connectivity index is 1.78. The maximum absolute atomic E-state index is 10.5. The second kappa shape index (κ2) is 6.01. The molecule has 0 bridgehead atoms. The largest absolute Gasteiger partial charge is 0.389 e. The van der Waals surface area contributed by atoms with Crippen LogP contribution in [0.1, 0.15) is 18.4 Å². The molecular weight excluding hydrogens is 272 g/mol. The number of nitro groups is 1. The van der Waals surface area contributed by atoms with Crippen LogP contribution >= 0.6 is 23.1 Å². The fraction of sp³-hybridized carbons (Fsp3) is 0.636. The van der Waals surface area contributed by atoms with Gasteiger partial charge in [-0.1, -0.05) is 11.3 Å². The lowest BCUT2D eigenvalue weighted by Crippen LogP contribution is -2.43. The summed E-state index contributed by atoms with van der Waals surface area (Å²) in [5.74, 6) is 2.00. The zero-order chi connectivity index (χ0) is 13.0. The monoisotopic (exact) mass is 288 g/mol. The lowest BCUT2D eigenvalue weighted by atomic mass is 9.97. The fourth-order valence-corrected chi connectivity index (χ4v) is 3.90. The third-order valence-corrected chi connectivity index (χ3v) is 4.94. The molecule has 0 atom stereocenters.